The zero-order valence-corrected chi connectivity index (χ0v) is 23.9. The molecule has 0 aliphatic heterocycles. The zero-order valence-electron chi connectivity index (χ0n) is 21.5. The second kappa shape index (κ2) is 11.6. The number of benzene rings is 2. The van der Waals surface area contributed by atoms with Crippen LogP contribution in [0.4, 0.5) is 0 Å². The summed E-state index contributed by atoms with van der Waals surface area (Å²) >= 11 is 0. The topological polar surface area (TPSA) is 72.6 Å². The summed E-state index contributed by atoms with van der Waals surface area (Å²) in [6.45, 7) is 2.85. The van der Waals surface area contributed by atoms with E-state index in [-0.39, 0.29) is 31.6 Å². The molecular formula is C31H32IrNO4-. The Bertz CT molecular complexity index is 1440. The number of methoxy groups -OCH3 is 1. The number of aliphatic hydroxyl groups is 1. The molecule has 0 spiro atoms. The maximum atomic E-state index is 10.0. The van der Waals surface area contributed by atoms with Crippen LogP contribution < -0.4 is 4.74 Å². The van der Waals surface area contributed by atoms with Gasteiger partial charge in [-0.15, -0.1) is 29.8 Å². The number of aliphatic hydroxyl groups excluding tert-OH is 1. The summed E-state index contributed by atoms with van der Waals surface area (Å²) in [5, 5.41) is 10.9. The first kappa shape index (κ1) is 27.1. The van der Waals surface area contributed by atoms with E-state index >= 15 is 0 Å². The van der Waals surface area contributed by atoms with Crippen molar-refractivity contribution < 1.29 is 39.2 Å². The number of aromatic nitrogens is 1. The molecule has 1 fully saturated rings. The van der Waals surface area contributed by atoms with Gasteiger partial charge in [0, 0.05) is 54.6 Å². The number of carbonyl (C=O) groups is 1. The van der Waals surface area contributed by atoms with Crippen LogP contribution in [0.2, 0.25) is 0 Å². The van der Waals surface area contributed by atoms with Crippen LogP contribution in [-0.2, 0) is 44.2 Å². The number of rotatable bonds is 5. The Morgan fingerprint density at radius 1 is 1.22 bits per heavy atom. The zero-order chi connectivity index (χ0) is 25.2. The summed E-state index contributed by atoms with van der Waals surface area (Å²) in [6, 6.07) is 13.5. The molecule has 2 heterocycles. The molecule has 0 unspecified atom stereocenters. The molecule has 1 radical (unpaired) electrons. The van der Waals surface area contributed by atoms with E-state index in [2.05, 4.69) is 23.2 Å². The molecule has 2 aliphatic carbocycles. The largest absolute Gasteiger partial charge is 0.540 e. The smallest absolute Gasteiger partial charge is 0.155 e. The standard InChI is InChI=1S/C26H24NO2.C5H8O2.Ir/c1-28-19-10-8-17(9-11-19)25-26-21(12-13-27-25)24-22(14-16-6-7-16)20-5-3-2-4-18(20)15-23(24)29-26;1-4(6)3-5(2)7;/h8,10-13,15-16H,2-7,14H2,1H3;3,6H,1-2H3;/q-1;;/b;4-3-;. The van der Waals surface area contributed by atoms with Crippen molar-refractivity contribution in [3.8, 4) is 17.0 Å². The quantitative estimate of drug-likeness (QED) is 0.137. The van der Waals surface area contributed by atoms with Gasteiger partial charge < -0.3 is 19.2 Å². The number of ether oxygens (including phenoxy) is 1. The van der Waals surface area contributed by atoms with E-state index in [0.717, 1.165) is 34.1 Å². The first-order chi connectivity index (χ1) is 17.4. The third-order valence-corrected chi connectivity index (χ3v) is 6.99. The third kappa shape index (κ3) is 5.97. The molecule has 6 heteroatoms. The summed E-state index contributed by atoms with van der Waals surface area (Å²) in [5.41, 5.74) is 8.36. The average Bonchev–Trinajstić information content (AvgIpc) is 3.61. The number of allylic oxidation sites excluding steroid dienone is 2. The summed E-state index contributed by atoms with van der Waals surface area (Å²) < 4.78 is 11.8. The Kier molecular flexibility index (Phi) is 8.51. The van der Waals surface area contributed by atoms with Crippen LogP contribution in [0.5, 0.6) is 5.75 Å². The number of carbonyl (C=O) groups excluding carboxylic acids is 1. The van der Waals surface area contributed by atoms with E-state index in [9.17, 15) is 4.79 Å². The van der Waals surface area contributed by atoms with E-state index in [1.165, 1.54) is 81.2 Å². The van der Waals surface area contributed by atoms with Gasteiger partial charge in [-0.1, -0.05) is 0 Å². The number of furan rings is 1. The molecule has 195 valence electrons. The maximum Gasteiger partial charge on any atom is 0.155 e. The molecule has 0 saturated heterocycles. The summed E-state index contributed by atoms with van der Waals surface area (Å²) in [4.78, 5) is 14.7. The van der Waals surface area contributed by atoms with Gasteiger partial charge in [-0.3, -0.25) is 4.79 Å². The predicted molar refractivity (Wildman–Crippen MR) is 142 cm³/mol. The fourth-order valence-corrected chi connectivity index (χ4v) is 5.20. The molecular weight excluding hydrogens is 643 g/mol. The number of ketones is 1. The van der Waals surface area contributed by atoms with Gasteiger partial charge in [-0.25, -0.2) is 0 Å². The number of hydrogen-bond acceptors (Lipinski definition) is 5. The normalized spacial score (nSPS) is 14.9. The molecule has 1 saturated carbocycles. The number of pyridine rings is 1. The van der Waals surface area contributed by atoms with E-state index < -0.39 is 0 Å². The Labute approximate surface area is 231 Å². The second-order valence-electron chi connectivity index (χ2n) is 9.90. The van der Waals surface area contributed by atoms with Gasteiger partial charge in [0.2, 0.25) is 0 Å². The maximum absolute atomic E-state index is 10.0. The van der Waals surface area contributed by atoms with Gasteiger partial charge >= 0.3 is 0 Å². The molecule has 2 aliphatic rings. The summed E-state index contributed by atoms with van der Waals surface area (Å²) in [7, 11) is 1.67. The molecule has 2 aromatic heterocycles. The minimum absolute atomic E-state index is 0. The van der Waals surface area contributed by atoms with Gasteiger partial charge in [0.25, 0.3) is 0 Å². The SMILES string of the molecule is CC(=O)/C=C(/C)O.COc1c[c-]c(-c2nccc3c2oc2cc4c(c(CC5CC5)c23)CCCC4)cc1.[Ir]. The molecule has 0 amide bonds. The molecule has 0 atom stereocenters. The Morgan fingerprint density at radius 2 is 2.00 bits per heavy atom. The van der Waals surface area contributed by atoms with Crippen LogP contribution in [0.25, 0.3) is 33.2 Å². The summed E-state index contributed by atoms with van der Waals surface area (Å²) in [5.74, 6) is 1.59. The van der Waals surface area contributed by atoms with E-state index in [1.54, 1.807) is 18.2 Å². The predicted octanol–water partition coefficient (Wildman–Crippen LogP) is 7.32. The first-order valence-corrected chi connectivity index (χ1v) is 12.7. The van der Waals surface area contributed by atoms with Gasteiger partial charge in [0.15, 0.2) is 5.78 Å². The van der Waals surface area contributed by atoms with Crippen molar-refractivity contribution in [3.63, 3.8) is 0 Å². The summed E-state index contributed by atoms with van der Waals surface area (Å²) in [6.07, 6.45) is 12.0. The van der Waals surface area contributed by atoms with Crippen LogP contribution in [-0.4, -0.2) is 23.0 Å². The monoisotopic (exact) mass is 675 g/mol. The molecule has 5 nitrogen and oxygen atoms in total. The minimum atomic E-state index is -0.125. The van der Waals surface area contributed by atoms with Gasteiger partial charge in [0.1, 0.15) is 11.2 Å². The van der Waals surface area contributed by atoms with Crippen LogP contribution in [0.3, 0.4) is 0 Å². The molecule has 0 bridgehead atoms. The molecule has 1 N–H and O–H groups in total. The number of fused-ring (bicyclic) bond motifs is 4. The Morgan fingerprint density at radius 3 is 2.62 bits per heavy atom. The van der Waals surface area contributed by atoms with Crippen molar-refractivity contribution in [2.24, 2.45) is 5.92 Å². The van der Waals surface area contributed by atoms with Crippen molar-refractivity contribution in [3.05, 3.63) is 71.1 Å². The van der Waals surface area contributed by atoms with Crippen LogP contribution in [0.15, 0.2) is 52.8 Å². The fraction of sp³-hybridized carbons (Fsp3) is 0.355. The molecule has 2 aromatic carbocycles. The van der Waals surface area contributed by atoms with Crippen molar-refractivity contribution in [2.45, 2.75) is 58.8 Å². The van der Waals surface area contributed by atoms with Gasteiger partial charge in [-0.05, 0) is 93.5 Å². The number of aryl methyl sites for hydroxylation is 1. The van der Waals surface area contributed by atoms with Crippen LogP contribution >= 0.6 is 0 Å². The number of nitrogens with zero attached hydrogens (tertiary/aromatic N) is 1. The van der Waals surface area contributed by atoms with Gasteiger partial charge in [-0.2, -0.15) is 0 Å². The molecule has 37 heavy (non-hydrogen) atoms. The third-order valence-electron chi connectivity index (χ3n) is 6.99. The molecule has 6 rings (SSSR count). The van der Waals surface area contributed by atoms with Crippen molar-refractivity contribution in [1.82, 2.24) is 4.98 Å². The van der Waals surface area contributed by atoms with E-state index in [1.807, 2.05) is 24.4 Å². The fourth-order valence-electron chi connectivity index (χ4n) is 5.20. The second-order valence-corrected chi connectivity index (χ2v) is 9.90. The van der Waals surface area contributed by atoms with Crippen LogP contribution in [0, 0.1) is 12.0 Å². The van der Waals surface area contributed by atoms with Gasteiger partial charge in [0.05, 0.1) is 12.9 Å². The Balaban J connectivity index is 0.000000356. The average molecular weight is 675 g/mol. The van der Waals surface area contributed by atoms with E-state index in [4.69, 9.17) is 14.3 Å². The van der Waals surface area contributed by atoms with Crippen LogP contribution in [0.1, 0.15) is 56.2 Å². The first-order valence-electron chi connectivity index (χ1n) is 12.7. The minimum Gasteiger partial charge on any atom is -0.540 e. The van der Waals surface area contributed by atoms with Crippen molar-refractivity contribution >= 4 is 27.7 Å². The van der Waals surface area contributed by atoms with E-state index in [0.29, 0.717) is 0 Å². The van der Waals surface area contributed by atoms with Crippen molar-refractivity contribution in [1.29, 1.82) is 0 Å². The molecule has 4 aromatic rings. The Hall–Kier alpha value is -2.95. The van der Waals surface area contributed by atoms with Crippen molar-refractivity contribution in [2.75, 3.05) is 7.11 Å². The number of hydrogen-bond donors (Lipinski definition) is 1.